The van der Waals surface area contributed by atoms with E-state index in [2.05, 4.69) is 5.32 Å². The summed E-state index contributed by atoms with van der Waals surface area (Å²) in [5.74, 6) is -0.310. The van der Waals surface area contributed by atoms with E-state index >= 15 is 0 Å². The average Bonchev–Trinajstić information content (AvgIpc) is 2.68. The molecule has 0 spiro atoms. The van der Waals surface area contributed by atoms with Gasteiger partial charge in [-0.1, -0.05) is 20.8 Å². The molecule has 150 valence electrons. The predicted octanol–water partition coefficient (Wildman–Crippen LogP) is 2.30. The van der Waals surface area contributed by atoms with Crippen LogP contribution in [0.5, 0.6) is 0 Å². The molecule has 0 radical (unpaired) electrons. The Kier molecular flexibility index (Phi) is 7.38. The van der Waals surface area contributed by atoms with Gasteiger partial charge in [0.15, 0.2) is 0 Å². The van der Waals surface area contributed by atoms with Gasteiger partial charge in [0, 0.05) is 38.3 Å². The minimum atomic E-state index is -3.51. The van der Waals surface area contributed by atoms with Crippen LogP contribution in [0.25, 0.3) is 0 Å². The first-order chi connectivity index (χ1) is 12.8. The van der Waals surface area contributed by atoms with E-state index in [1.165, 1.54) is 16.4 Å². The first-order valence-corrected chi connectivity index (χ1v) is 11.0. The third-order valence-electron chi connectivity index (χ3n) is 4.91. The largest absolute Gasteiger partial charge is 0.342 e. The normalized spacial score (nSPS) is 17.8. The van der Waals surface area contributed by atoms with Crippen molar-refractivity contribution < 1.29 is 18.0 Å². The third-order valence-corrected chi connectivity index (χ3v) is 6.98. The quantitative estimate of drug-likeness (QED) is 0.767. The molecule has 1 N–H and O–H groups in total. The molecule has 1 fully saturated rings. The Labute approximate surface area is 161 Å². The predicted molar refractivity (Wildman–Crippen MR) is 105 cm³/mol. The van der Waals surface area contributed by atoms with Gasteiger partial charge in [0.2, 0.25) is 21.8 Å². The van der Waals surface area contributed by atoms with Gasteiger partial charge in [-0.3, -0.25) is 9.59 Å². The van der Waals surface area contributed by atoms with Gasteiger partial charge < -0.3 is 10.2 Å². The zero-order chi connectivity index (χ0) is 20.0. The lowest BCUT2D eigenvalue weighted by atomic mass is 9.96. The molecule has 1 heterocycles. The van der Waals surface area contributed by atoms with Crippen molar-refractivity contribution in [3.8, 4) is 0 Å². The molecule has 27 heavy (non-hydrogen) atoms. The van der Waals surface area contributed by atoms with E-state index in [4.69, 9.17) is 0 Å². The molecule has 1 aliphatic rings. The van der Waals surface area contributed by atoms with Crippen LogP contribution in [-0.4, -0.2) is 55.6 Å². The first-order valence-electron chi connectivity index (χ1n) is 9.52. The molecule has 1 atom stereocenters. The van der Waals surface area contributed by atoms with Crippen LogP contribution in [0, 0.1) is 5.92 Å². The van der Waals surface area contributed by atoms with Crippen LogP contribution < -0.4 is 5.32 Å². The van der Waals surface area contributed by atoms with Crippen molar-refractivity contribution in [3.63, 3.8) is 0 Å². The Morgan fingerprint density at radius 2 is 1.78 bits per heavy atom. The van der Waals surface area contributed by atoms with Gasteiger partial charge in [-0.05, 0) is 37.1 Å². The molecule has 1 unspecified atom stereocenters. The van der Waals surface area contributed by atoms with Crippen molar-refractivity contribution in [2.45, 2.75) is 44.9 Å². The highest BCUT2D eigenvalue weighted by atomic mass is 32.2. The second kappa shape index (κ2) is 9.32. The standard InChI is InChI=1S/C19H29N3O4S/c1-4-18(23)21-13-7-8-15(14-21)19(24)20-16-9-11-17(12-10-16)27(25,26)22(5-2)6-3/h9-12,15H,4-8,13-14H2,1-3H3,(H,20,24). The van der Waals surface area contributed by atoms with E-state index in [1.54, 1.807) is 30.9 Å². The molecule has 0 saturated carbocycles. The molecule has 1 aliphatic heterocycles. The number of carbonyl (C=O) groups excluding carboxylic acids is 2. The minimum Gasteiger partial charge on any atom is -0.342 e. The molecule has 0 aromatic heterocycles. The highest BCUT2D eigenvalue weighted by Gasteiger charge is 2.28. The number of nitrogens with one attached hydrogen (secondary N) is 1. The summed E-state index contributed by atoms with van der Waals surface area (Å²) in [4.78, 5) is 26.3. The minimum absolute atomic E-state index is 0.0680. The number of hydrogen-bond acceptors (Lipinski definition) is 4. The van der Waals surface area contributed by atoms with Gasteiger partial charge in [-0.25, -0.2) is 8.42 Å². The highest BCUT2D eigenvalue weighted by molar-refractivity contribution is 7.89. The number of benzene rings is 1. The fourth-order valence-electron chi connectivity index (χ4n) is 3.31. The fourth-order valence-corrected chi connectivity index (χ4v) is 4.77. The average molecular weight is 396 g/mol. The van der Waals surface area contributed by atoms with Crippen LogP contribution in [0.2, 0.25) is 0 Å². The number of carbonyl (C=O) groups is 2. The molecular weight excluding hydrogens is 366 g/mol. The van der Waals surface area contributed by atoms with E-state index in [0.717, 1.165) is 12.8 Å². The summed E-state index contributed by atoms with van der Waals surface area (Å²) >= 11 is 0. The van der Waals surface area contributed by atoms with E-state index in [-0.39, 0.29) is 22.6 Å². The number of anilines is 1. The Hall–Kier alpha value is -1.93. The van der Waals surface area contributed by atoms with Gasteiger partial charge in [0.05, 0.1) is 10.8 Å². The van der Waals surface area contributed by atoms with Crippen molar-refractivity contribution in [2.75, 3.05) is 31.5 Å². The van der Waals surface area contributed by atoms with Crippen molar-refractivity contribution in [3.05, 3.63) is 24.3 Å². The summed E-state index contributed by atoms with van der Waals surface area (Å²) in [5, 5.41) is 2.84. The van der Waals surface area contributed by atoms with E-state index in [1.807, 2.05) is 6.92 Å². The van der Waals surface area contributed by atoms with E-state index in [9.17, 15) is 18.0 Å². The summed E-state index contributed by atoms with van der Waals surface area (Å²) in [7, 11) is -3.51. The number of likely N-dealkylation sites (tertiary alicyclic amines) is 1. The van der Waals surface area contributed by atoms with Gasteiger partial charge in [-0.15, -0.1) is 0 Å². The number of nitrogens with zero attached hydrogens (tertiary/aromatic N) is 2. The lowest BCUT2D eigenvalue weighted by molar-refractivity contribution is -0.134. The number of amides is 2. The first kappa shape index (κ1) is 21.4. The summed E-state index contributed by atoms with van der Waals surface area (Å²) < 4.78 is 26.4. The third kappa shape index (κ3) is 5.07. The topological polar surface area (TPSA) is 86.8 Å². The molecule has 1 aromatic rings. The maximum atomic E-state index is 12.5. The van der Waals surface area contributed by atoms with Gasteiger partial charge in [-0.2, -0.15) is 4.31 Å². The Balaban J connectivity index is 2.04. The second-order valence-electron chi connectivity index (χ2n) is 6.64. The molecule has 2 amide bonds. The zero-order valence-electron chi connectivity index (χ0n) is 16.3. The Bertz CT molecular complexity index is 758. The zero-order valence-corrected chi connectivity index (χ0v) is 17.1. The molecular formula is C19H29N3O4S. The van der Waals surface area contributed by atoms with Crippen molar-refractivity contribution in [1.82, 2.24) is 9.21 Å². The smallest absolute Gasteiger partial charge is 0.243 e. The summed E-state index contributed by atoms with van der Waals surface area (Å²) in [5.41, 5.74) is 0.553. The second-order valence-corrected chi connectivity index (χ2v) is 8.57. The number of piperidine rings is 1. The lowest BCUT2D eigenvalue weighted by Crippen LogP contribution is -2.43. The van der Waals surface area contributed by atoms with Crippen LogP contribution >= 0.6 is 0 Å². The maximum Gasteiger partial charge on any atom is 0.243 e. The van der Waals surface area contributed by atoms with Crippen LogP contribution in [-0.2, 0) is 19.6 Å². The molecule has 0 aliphatic carbocycles. The lowest BCUT2D eigenvalue weighted by Gasteiger charge is -2.31. The monoisotopic (exact) mass is 395 g/mol. The number of rotatable bonds is 7. The molecule has 2 rings (SSSR count). The molecule has 1 aromatic carbocycles. The Morgan fingerprint density at radius 3 is 2.33 bits per heavy atom. The molecule has 0 bridgehead atoms. The van der Waals surface area contributed by atoms with Crippen molar-refractivity contribution >= 4 is 27.5 Å². The van der Waals surface area contributed by atoms with Crippen LogP contribution in [0.1, 0.15) is 40.0 Å². The van der Waals surface area contributed by atoms with E-state index < -0.39 is 10.0 Å². The SMILES string of the molecule is CCC(=O)N1CCCC(C(=O)Nc2ccc(S(=O)(=O)N(CC)CC)cc2)C1. The van der Waals surface area contributed by atoms with Crippen LogP contribution in [0.3, 0.4) is 0 Å². The highest BCUT2D eigenvalue weighted by Crippen LogP contribution is 2.21. The van der Waals surface area contributed by atoms with Gasteiger partial charge >= 0.3 is 0 Å². The maximum absolute atomic E-state index is 12.5. The van der Waals surface area contributed by atoms with Crippen LogP contribution in [0.15, 0.2) is 29.2 Å². The summed E-state index contributed by atoms with van der Waals surface area (Å²) in [6.45, 7) is 7.37. The molecule has 1 saturated heterocycles. The van der Waals surface area contributed by atoms with Gasteiger partial charge in [0.1, 0.15) is 0 Å². The number of hydrogen-bond donors (Lipinski definition) is 1. The summed E-state index contributed by atoms with van der Waals surface area (Å²) in [6, 6.07) is 6.23. The van der Waals surface area contributed by atoms with E-state index in [0.29, 0.717) is 38.3 Å². The Morgan fingerprint density at radius 1 is 1.15 bits per heavy atom. The number of sulfonamides is 1. The van der Waals surface area contributed by atoms with Crippen molar-refractivity contribution in [1.29, 1.82) is 0 Å². The van der Waals surface area contributed by atoms with Crippen LogP contribution in [0.4, 0.5) is 5.69 Å². The fraction of sp³-hybridized carbons (Fsp3) is 0.579. The summed E-state index contributed by atoms with van der Waals surface area (Å²) in [6.07, 6.45) is 2.00. The molecule has 8 heteroatoms. The van der Waals surface area contributed by atoms with Crippen molar-refractivity contribution in [2.24, 2.45) is 5.92 Å². The van der Waals surface area contributed by atoms with Gasteiger partial charge in [0.25, 0.3) is 0 Å². The molecule has 7 nitrogen and oxygen atoms in total.